The van der Waals surface area contributed by atoms with Crippen LogP contribution in [0.4, 0.5) is 0 Å². The fourth-order valence-corrected chi connectivity index (χ4v) is 3.23. The topological polar surface area (TPSA) is 17.1 Å². The van der Waals surface area contributed by atoms with Crippen molar-refractivity contribution in [2.24, 2.45) is 11.8 Å². The molecule has 1 aromatic rings. The van der Waals surface area contributed by atoms with Crippen LogP contribution in [-0.2, 0) is 11.2 Å². The summed E-state index contributed by atoms with van der Waals surface area (Å²) in [5.41, 5.74) is 3.76. The first-order valence-electron chi connectivity index (χ1n) is 7.17. The van der Waals surface area contributed by atoms with Crippen molar-refractivity contribution in [3.8, 4) is 0 Å². The highest BCUT2D eigenvalue weighted by molar-refractivity contribution is 5.84. The van der Waals surface area contributed by atoms with Gasteiger partial charge in [0.05, 0.1) is 0 Å². The van der Waals surface area contributed by atoms with Crippen molar-refractivity contribution in [1.82, 2.24) is 0 Å². The summed E-state index contributed by atoms with van der Waals surface area (Å²) in [4.78, 5) is 12.5. The average molecular weight is 244 g/mol. The summed E-state index contributed by atoms with van der Waals surface area (Å²) >= 11 is 0. The zero-order valence-electron chi connectivity index (χ0n) is 11.8. The standard InChI is InChI=1S/C17H24O/c1-12-7-4-5-10-15(12)17(18)11-16-13(2)8-6-9-14(16)3/h6,8-9,12,15H,4-5,7,10-11H2,1-3H3. The van der Waals surface area contributed by atoms with Gasteiger partial charge in [0, 0.05) is 12.3 Å². The van der Waals surface area contributed by atoms with E-state index in [9.17, 15) is 4.79 Å². The number of aryl methyl sites for hydroxylation is 2. The number of ketones is 1. The summed E-state index contributed by atoms with van der Waals surface area (Å²) in [5, 5.41) is 0. The van der Waals surface area contributed by atoms with Crippen LogP contribution in [0.1, 0.15) is 49.3 Å². The van der Waals surface area contributed by atoms with Crippen LogP contribution in [0.3, 0.4) is 0 Å². The molecule has 1 saturated carbocycles. The van der Waals surface area contributed by atoms with E-state index in [1.165, 1.54) is 36.0 Å². The van der Waals surface area contributed by atoms with Crippen LogP contribution in [0, 0.1) is 25.7 Å². The van der Waals surface area contributed by atoms with Crippen LogP contribution in [-0.4, -0.2) is 5.78 Å². The van der Waals surface area contributed by atoms with Gasteiger partial charge in [-0.1, -0.05) is 44.4 Å². The molecule has 2 rings (SSSR count). The number of benzene rings is 1. The minimum absolute atomic E-state index is 0.303. The number of carbonyl (C=O) groups is 1. The molecule has 1 nitrogen and oxygen atoms in total. The van der Waals surface area contributed by atoms with Gasteiger partial charge in [0.1, 0.15) is 5.78 Å². The van der Waals surface area contributed by atoms with Crippen LogP contribution in [0.2, 0.25) is 0 Å². The zero-order valence-corrected chi connectivity index (χ0v) is 11.8. The van der Waals surface area contributed by atoms with E-state index in [-0.39, 0.29) is 0 Å². The lowest BCUT2D eigenvalue weighted by atomic mass is 9.76. The van der Waals surface area contributed by atoms with Gasteiger partial charge < -0.3 is 0 Å². The molecule has 0 heterocycles. The van der Waals surface area contributed by atoms with Gasteiger partial charge in [0.15, 0.2) is 0 Å². The third kappa shape index (κ3) is 2.82. The quantitative estimate of drug-likeness (QED) is 0.777. The Morgan fingerprint density at radius 2 is 1.78 bits per heavy atom. The Bertz CT molecular complexity index is 413. The van der Waals surface area contributed by atoms with Crippen molar-refractivity contribution in [3.05, 3.63) is 34.9 Å². The summed E-state index contributed by atoms with van der Waals surface area (Å²) in [6.45, 7) is 6.46. The molecule has 1 aliphatic carbocycles. The predicted octanol–water partition coefficient (Wildman–Crippen LogP) is 4.24. The number of rotatable bonds is 3. The summed E-state index contributed by atoms with van der Waals surface area (Å²) in [6, 6.07) is 6.29. The van der Waals surface area contributed by atoms with E-state index in [1.807, 2.05) is 0 Å². The van der Waals surface area contributed by atoms with E-state index in [1.54, 1.807) is 0 Å². The SMILES string of the molecule is Cc1cccc(C)c1CC(=O)C1CCCCC1C. The molecule has 0 saturated heterocycles. The Labute approximate surface area is 111 Å². The molecule has 0 aromatic heterocycles. The van der Waals surface area contributed by atoms with E-state index in [4.69, 9.17) is 0 Å². The fraction of sp³-hybridized carbons (Fsp3) is 0.588. The molecule has 0 aliphatic heterocycles. The van der Waals surface area contributed by atoms with E-state index >= 15 is 0 Å². The third-order valence-electron chi connectivity index (χ3n) is 4.52. The van der Waals surface area contributed by atoms with Gasteiger partial charge in [-0.25, -0.2) is 0 Å². The first-order valence-corrected chi connectivity index (χ1v) is 7.17. The smallest absolute Gasteiger partial charge is 0.140 e. The molecule has 1 heteroatoms. The summed E-state index contributed by atoms with van der Waals surface area (Å²) in [5.74, 6) is 1.34. The molecular formula is C17H24O. The van der Waals surface area contributed by atoms with E-state index in [2.05, 4.69) is 39.0 Å². The number of hydrogen-bond acceptors (Lipinski definition) is 1. The first-order chi connectivity index (χ1) is 8.59. The van der Waals surface area contributed by atoms with Crippen LogP contribution in [0.5, 0.6) is 0 Å². The minimum atomic E-state index is 0.303. The molecule has 0 radical (unpaired) electrons. The van der Waals surface area contributed by atoms with E-state index in [0.29, 0.717) is 24.0 Å². The molecule has 0 amide bonds. The summed E-state index contributed by atoms with van der Waals surface area (Å²) in [6.07, 6.45) is 5.49. The molecular weight excluding hydrogens is 220 g/mol. The van der Waals surface area contributed by atoms with Crippen molar-refractivity contribution >= 4 is 5.78 Å². The fourth-order valence-electron chi connectivity index (χ4n) is 3.23. The molecule has 0 spiro atoms. The normalized spacial score (nSPS) is 23.9. The highest BCUT2D eigenvalue weighted by atomic mass is 16.1. The van der Waals surface area contributed by atoms with Crippen LogP contribution in [0.25, 0.3) is 0 Å². The lowest BCUT2D eigenvalue weighted by Crippen LogP contribution is -2.27. The molecule has 1 aliphatic rings. The Kier molecular flexibility index (Phi) is 4.21. The number of hydrogen-bond donors (Lipinski definition) is 0. The molecule has 0 N–H and O–H groups in total. The molecule has 0 bridgehead atoms. The largest absolute Gasteiger partial charge is 0.299 e. The zero-order chi connectivity index (χ0) is 13.1. The third-order valence-corrected chi connectivity index (χ3v) is 4.52. The Morgan fingerprint density at radius 3 is 2.39 bits per heavy atom. The second-order valence-electron chi connectivity index (χ2n) is 5.88. The molecule has 1 aromatic carbocycles. The van der Waals surface area contributed by atoms with Crippen LogP contribution >= 0.6 is 0 Å². The van der Waals surface area contributed by atoms with E-state index in [0.717, 1.165) is 6.42 Å². The lowest BCUT2D eigenvalue weighted by molar-refractivity contribution is -0.124. The highest BCUT2D eigenvalue weighted by Gasteiger charge is 2.27. The molecule has 18 heavy (non-hydrogen) atoms. The van der Waals surface area contributed by atoms with Crippen molar-refractivity contribution < 1.29 is 4.79 Å². The molecule has 2 atom stereocenters. The first kappa shape index (κ1) is 13.3. The van der Waals surface area contributed by atoms with Crippen LogP contribution in [0.15, 0.2) is 18.2 Å². The maximum absolute atomic E-state index is 12.5. The molecule has 2 unspecified atom stereocenters. The Morgan fingerprint density at radius 1 is 1.17 bits per heavy atom. The van der Waals surface area contributed by atoms with Crippen molar-refractivity contribution in [2.45, 2.75) is 52.9 Å². The van der Waals surface area contributed by atoms with Gasteiger partial charge in [-0.2, -0.15) is 0 Å². The van der Waals surface area contributed by atoms with Crippen molar-refractivity contribution in [2.75, 3.05) is 0 Å². The van der Waals surface area contributed by atoms with Crippen molar-refractivity contribution in [3.63, 3.8) is 0 Å². The molecule has 98 valence electrons. The molecule has 1 fully saturated rings. The maximum atomic E-state index is 12.5. The number of carbonyl (C=O) groups excluding carboxylic acids is 1. The maximum Gasteiger partial charge on any atom is 0.140 e. The van der Waals surface area contributed by atoms with E-state index < -0.39 is 0 Å². The monoisotopic (exact) mass is 244 g/mol. The number of Topliss-reactive ketones (excluding diaryl/α,β-unsaturated/α-hetero) is 1. The predicted molar refractivity (Wildman–Crippen MR) is 75.7 cm³/mol. The summed E-state index contributed by atoms with van der Waals surface area (Å²) < 4.78 is 0. The summed E-state index contributed by atoms with van der Waals surface area (Å²) in [7, 11) is 0. The van der Waals surface area contributed by atoms with Gasteiger partial charge in [-0.3, -0.25) is 4.79 Å². The highest BCUT2D eigenvalue weighted by Crippen LogP contribution is 2.31. The average Bonchev–Trinajstić information content (AvgIpc) is 2.34. The lowest BCUT2D eigenvalue weighted by Gasteiger charge is -2.27. The Hall–Kier alpha value is -1.11. The minimum Gasteiger partial charge on any atom is -0.299 e. The van der Waals surface area contributed by atoms with Gasteiger partial charge in [-0.15, -0.1) is 0 Å². The van der Waals surface area contributed by atoms with Crippen LogP contribution < -0.4 is 0 Å². The van der Waals surface area contributed by atoms with Gasteiger partial charge in [-0.05, 0) is 42.9 Å². The second-order valence-corrected chi connectivity index (χ2v) is 5.88. The second kappa shape index (κ2) is 5.69. The van der Waals surface area contributed by atoms with Crippen molar-refractivity contribution in [1.29, 1.82) is 0 Å². The van der Waals surface area contributed by atoms with Gasteiger partial charge in [0.25, 0.3) is 0 Å². The van der Waals surface area contributed by atoms with Gasteiger partial charge >= 0.3 is 0 Å². The van der Waals surface area contributed by atoms with Gasteiger partial charge in [0.2, 0.25) is 0 Å². The Balaban J connectivity index is 2.11.